The molecular weight excluding hydrogens is 236 g/mol. The van der Waals surface area contributed by atoms with E-state index in [4.69, 9.17) is 15.7 Å². The summed E-state index contributed by atoms with van der Waals surface area (Å²) in [6.07, 6.45) is 2.20. The van der Waals surface area contributed by atoms with Crippen LogP contribution in [0.3, 0.4) is 0 Å². The zero-order valence-corrected chi connectivity index (χ0v) is 10.9. The Labute approximate surface area is 113 Å². The Balaban J connectivity index is 2.13. The Morgan fingerprint density at radius 2 is 1.79 bits per heavy atom. The minimum Gasteiger partial charge on any atom is -0.457 e. The van der Waals surface area contributed by atoms with Crippen LogP contribution in [0.25, 0.3) is 0 Å². The molecule has 0 amide bonds. The summed E-state index contributed by atoms with van der Waals surface area (Å²) in [6.45, 7) is 2.16. The second-order valence-electron chi connectivity index (χ2n) is 4.36. The number of nitrogens with zero attached hydrogens (tertiary/aromatic N) is 1. The van der Waals surface area contributed by atoms with Gasteiger partial charge in [-0.2, -0.15) is 5.26 Å². The third-order valence-electron chi connectivity index (χ3n) is 2.84. The first-order chi connectivity index (χ1) is 9.22. The van der Waals surface area contributed by atoms with Crippen molar-refractivity contribution in [1.29, 1.82) is 5.26 Å². The molecule has 19 heavy (non-hydrogen) atoms. The Kier molecular flexibility index (Phi) is 4.04. The van der Waals surface area contributed by atoms with Crippen molar-refractivity contribution in [2.24, 2.45) is 0 Å². The van der Waals surface area contributed by atoms with Gasteiger partial charge in [0.15, 0.2) is 0 Å². The van der Waals surface area contributed by atoms with E-state index in [1.807, 2.05) is 18.2 Å². The fourth-order valence-corrected chi connectivity index (χ4v) is 1.86. The number of nitriles is 1. The van der Waals surface area contributed by atoms with Gasteiger partial charge in [0.05, 0.1) is 11.3 Å². The van der Waals surface area contributed by atoms with E-state index in [1.54, 1.807) is 18.2 Å². The molecule has 0 heterocycles. The summed E-state index contributed by atoms with van der Waals surface area (Å²) in [5, 5.41) is 8.81. The average molecular weight is 252 g/mol. The number of nitrogen functional groups attached to an aromatic ring is 1. The summed E-state index contributed by atoms with van der Waals surface area (Å²) in [7, 11) is 0. The van der Waals surface area contributed by atoms with E-state index in [1.165, 1.54) is 5.56 Å². The highest BCUT2D eigenvalue weighted by atomic mass is 16.5. The van der Waals surface area contributed by atoms with E-state index in [0.717, 1.165) is 18.6 Å². The summed E-state index contributed by atoms with van der Waals surface area (Å²) in [6, 6.07) is 15.1. The van der Waals surface area contributed by atoms with Crippen molar-refractivity contribution in [2.45, 2.75) is 19.8 Å². The van der Waals surface area contributed by atoms with Crippen LogP contribution in [0, 0.1) is 11.3 Å². The molecule has 3 nitrogen and oxygen atoms in total. The highest BCUT2D eigenvalue weighted by Crippen LogP contribution is 2.25. The number of aryl methyl sites for hydroxylation is 1. The highest BCUT2D eigenvalue weighted by Gasteiger charge is 2.02. The summed E-state index contributed by atoms with van der Waals surface area (Å²) in [4.78, 5) is 0. The SMILES string of the molecule is CCCc1ccc(Oc2ccc(C#N)c(N)c2)cc1. The molecule has 96 valence electrons. The summed E-state index contributed by atoms with van der Waals surface area (Å²) >= 11 is 0. The standard InChI is InChI=1S/C16H16N2O/c1-2-3-12-4-7-14(8-5-12)19-15-9-6-13(11-17)16(18)10-15/h4-10H,2-3,18H2,1H3. The van der Waals surface area contributed by atoms with Gasteiger partial charge in [-0.15, -0.1) is 0 Å². The van der Waals surface area contributed by atoms with E-state index in [0.29, 0.717) is 17.0 Å². The molecule has 3 heteroatoms. The number of anilines is 1. The van der Waals surface area contributed by atoms with Crippen LogP contribution in [0.2, 0.25) is 0 Å². The van der Waals surface area contributed by atoms with E-state index < -0.39 is 0 Å². The van der Waals surface area contributed by atoms with E-state index in [9.17, 15) is 0 Å². The number of hydrogen-bond acceptors (Lipinski definition) is 3. The number of benzene rings is 2. The van der Waals surface area contributed by atoms with Crippen molar-refractivity contribution in [1.82, 2.24) is 0 Å². The number of nitrogens with two attached hydrogens (primary N) is 1. The Morgan fingerprint density at radius 1 is 1.11 bits per heavy atom. The Bertz CT molecular complexity index is 597. The molecule has 0 unspecified atom stereocenters. The van der Waals surface area contributed by atoms with Gasteiger partial charge in [-0.25, -0.2) is 0 Å². The fraction of sp³-hybridized carbons (Fsp3) is 0.188. The normalized spacial score (nSPS) is 9.89. The smallest absolute Gasteiger partial charge is 0.129 e. The van der Waals surface area contributed by atoms with Gasteiger partial charge in [0, 0.05) is 6.07 Å². The maximum absolute atomic E-state index is 8.81. The number of rotatable bonds is 4. The van der Waals surface area contributed by atoms with Crippen molar-refractivity contribution < 1.29 is 4.74 Å². The third kappa shape index (κ3) is 3.26. The lowest BCUT2D eigenvalue weighted by Crippen LogP contribution is -1.92. The van der Waals surface area contributed by atoms with Crippen LogP contribution >= 0.6 is 0 Å². The molecule has 0 aliphatic rings. The molecule has 0 radical (unpaired) electrons. The molecule has 0 aromatic heterocycles. The molecular formula is C16H16N2O. The third-order valence-corrected chi connectivity index (χ3v) is 2.84. The van der Waals surface area contributed by atoms with Gasteiger partial charge in [0.1, 0.15) is 17.6 Å². The zero-order valence-electron chi connectivity index (χ0n) is 10.9. The van der Waals surface area contributed by atoms with Crippen molar-refractivity contribution in [3.05, 3.63) is 53.6 Å². The van der Waals surface area contributed by atoms with Crippen LogP contribution in [0.15, 0.2) is 42.5 Å². The van der Waals surface area contributed by atoms with Crippen LogP contribution in [0.5, 0.6) is 11.5 Å². The van der Waals surface area contributed by atoms with Crippen LogP contribution in [0.4, 0.5) is 5.69 Å². The first-order valence-electron chi connectivity index (χ1n) is 6.29. The molecule has 0 spiro atoms. The second-order valence-corrected chi connectivity index (χ2v) is 4.36. The monoisotopic (exact) mass is 252 g/mol. The largest absolute Gasteiger partial charge is 0.457 e. The first kappa shape index (κ1) is 13.0. The molecule has 0 bridgehead atoms. The van der Waals surface area contributed by atoms with Crippen LogP contribution in [-0.4, -0.2) is 0 Å². The van der Waals surface area contributed by atoms with Gasteiger partial charge in [0.2, 0.25) is 0 Å². The molecule has 0 saturated carbocycles. The lowest BCUT2D eigenvalue weighted by atomic mass is 10.1. The van der Waals surface area contributed by atoms with Gasteiger partial charge in [-0.3, -0.25) is 0 Å². The van der Waals surface area contributed by atoms with Gasteiger partial charge in [-0.1, -0.05) is 25.5 Å². The molecule has 0 saturated heterocycles. The minimum atomic E-state index is 0.433. The van der Waals surface area contributed by atoms with Crippen LogP contribution < -0.4 is 10.5 Å². The first-order valence-corrected chi connectivity index (χ1v) is 6.29. The molecule has 0 aliphatic carbocycles. The number of ether oxygens (including phenoxy) is 1. The molecule has 2 N–H and O–H groups in total. The molecule has 0 fully saturated rings. The minimum absolute atomic E-state index is 0.433. The van der Waals surface area contributed by atoms with Crippen LogP contribution in [0.1, 0.15) is 24.5 Å². The van der Waals surface area contributed by atoms with E-state index in [2.05, 4.69) is 19.1 Å². The maximum atomic E-state index is 8.81. The topological polar surface area (TPSA) is 59.0 Å². The fourth-order valence-electron chi connectivity index (χ4n) is 1.86. The highest BCUT2D eigenvalue weighted by molar-refractivity contribution is 5.57. The summed E-state index contributed by atoms with van der Waals surface area (Å²) in [5.41, 5.74) is 7.94. The Morgan fingerprint density at radius 3 is 2.37 bits per heavy atom. The summed E-state index contributed by atoms with van der Waals surface area (Å²) in [5.74, 6) is 1.41. The van der Waals surface area contributed by atoms with E-state index >= 15 is 0 Å². The molecule has 0 atom stereocenters. The van der Waals surface area contributed by atoms with E-state index in [-0.39, 0.29) is 0 Å². The van der Waals surface area contributed by atoms with Gasteiger partial charge < -0.3 is 10.5 Å². The zero-order chi connectivity index (χ0) is 13.7. The second kappa shape index (κ2) is 5.92. The quantitative estimate of drug-likeness (QED) is 0.840. The van der Waals surface area contributed by atoms with Gasteiger partial charge in [0.25, 0.3) is 0 Å². The van der Waals surface area contributed by atoms with Gasteiger partial charge in [-0.05, 0) is 36.2 Å². The maximum Gasteiger partial charge on any atom is 0.129 e. The average Bonchev–Trinajstić information content (AvgIpc) is 2.42. The number of hydrogen-bond donors (Lipinski definition) is 1. The molecule has 0 aliphatic heterocycles. The predicted octanol–water partition coefficient (Wildman–Crippen LogP) is 3.89. The van der Waals surface area contributed by atoms with Crippen molar-refractivity contribution >= 4 is 5.69 Å². The predicted molar refractivity (Wildman–Crippen MR) is 76.1 cm³/mol. The van der Waals surface area contributed by atoms with Crippen molar-refractivity contribution in [3.63, 3.8) is 0 Å². The van der Waals surface area contributed by atoms with Crippen LogP contribution in [-0.2, 0) is 6.42 Å². The molecule has 2 rings (SSSR count). The Hall–Kier alpha value is -2.47. The summed E-state index contributed by atoms with van der Waals surface area (Å²) < 4.78 is 5.70. The lowest BCUT2D eigenvalue weighted by molar-refractivity contribution is 0.482. The van der Waals surface area contributed by atoms with Crippen molar-refractivity contribution in [2.75, 3.05) is 5.73 Å². The van der Waals surface area contributed by atoms with Crippen molar-refractivity contribution in [3.8, 4) is 17.6 Å². The molecule has 2 aromatic carbocycles. The van der Waals surface area contributed by atoms with Gasteiger partial charge >= 0.3 is 0 Å². The lowest BCUT2D eigenvalue weighted by Gasteiger charge is -2.08. The molecule has 2 aromatic rings.